The number of likely N-dealkylation sites (N-methyl/N-ethyl adjacent to an activating group) is 1. The zero-order valence-electron chi connectivity index (χ0n) is 4.50. The van der Waals surface area contributed by atoms with Crippen molar-refractivity contribution in [3.8, 4) is 0 Å². The molecule has 0 atom stereocenters. The molecule has 0 aliphatic rings. The summed E-state index contributed by atoms with van der Waals surface area (Å²) in [7, 11) is 1.33. The molecule has 0 rings (SSSR count). The lowest BCUT2D eigenvalue weighted by atomic mass is 10.6. The maximum atomic E-state index is 9.86. The normalized spacial score (nSPS) is 8.12. The molecular weight excluding hydrogens is 110 g/mol. The third-order valence-corrected chi connectivity index (χ3v) is 0.675. The van der Waals surface area contributed by atoms with Gasteiger partial charge in [0, 0.05) is 7.05 Å². The Kier molecular flexibility index (Phi) is 2.61. The summed E-state index contributed by atoms with van der Waals surface area (Å²) >= 11 is 0. The predicted molar refractivity (Wildman–Crippen MR) is 26.7 cm³/mol. The maximum Gasteiger partial charge on any atom is 0.407 e. The Balaban J connectivity index is 3.46. The molecule has 4 nitrogen and oxygen atoms in total. The third kappa shape index (κ3) is 2.17. The molecule has 0 saturated carbocycles. The highest BCUT2D eigenvalue weighted by Crippen LogP contribution is 1.77. The van der Waals surface area contributed by atoms with E-state index >= 15 is 0 Å². The van der Waals surface area contributed by atoms with Crippen LogP contribution in [0.15, 0.2) is 0 Å². The average Bonchev–Trinajstić information content (AvgIpc) is 1.67. The van der Waals surface area contributed by atoms with E-state index in [-0.39, 0.29) is 6.54 Å². The number of hydrogen-bond acceptors (Lipinski definition) is 2. The van der Waals surface area contributed by atoms with Crippen LogP contribution in [-0.2, 0) is 4.79 Å². The third-order valence-electron chi connectivity index (χ3n) is 0.675. The number of nitrogens with zero attached hydrogens (tertiary/aromatic N) is 1. The van der Waals surface area contributed by atoms with Gasteiger partial charge < -0.3 is 14.8 Å². The van der Waals surface area contributed by atoms with Crippen molar-refractivity contribution in [2.24, 2.45) is 0 Å². The molecule has 0 spiro atoms. The summed E-state index contributed by atoms with van der Waals surface area (Å²) in [6, 6.07) is 0. The molecule has 0 aromatic heterocycles. The molecule has 0 unspecified atom stereocenters. The van der Waals surface area contributed by atoms with Crippen molar-refractivity contribution >= 4 is 12.4 Å². The number of rotatable bonds is 2. The topological polar surface area (TPSA) is 57.6 Å². The Morgan fingerprint density at radius 2 is 2.38 bits per heavy atom. The fourth-order valence-electron chi connectivity index (χ4n) is 0.190. The Hall–Kier alpha value is -1.06. The lowest BCUT2D eigenvalue weighted by Gasteiger charge is -2.05. The molecule has 0 saturated heterocycles. The van der Waals surface area contributed by atoms with Crippen molar-refractivity contribution < 1.29 is 14.7 Å². The molecule has 0 aliphatic heterocycles. The number of carbonyl (C=O) groups is 2. The molecule has 0 aliphatic carbocycles. The molecule has 0 heterocycles. The summed E-state index contributed by atoms with van der Waals surface area (Å²) < 4.78 is 0. The van der Waals surface area contributed by atoms with Crippen LogP contribution in [0.25, 0.3) is 0 Å². The van der Waals surface area contributed by atoms with Gasteiger partial charge in [0.15, 0.2) is 0 Å². The van der Waals surface area contributed by atoms with Crippen LogP contribution in [0.2, 0.25) is 0 Å². The second kappa shape index (κ2) is 3.01. The van der Waals surface area contributed by atoms with E-state index in [9.17, 15) is 9.59 Å². The standard InChI is InChI=1S/C4H7NO3/c1-5(2-3-6)4(7)8/h3H,2H2,1H3,(H,7,8). The van der Waals surface area contributed by atoms with Gasteiger partial charge in [-0.15, -0.1) is 0 Å². The summed E-state index contributed by atoms with van der Waals surface area (Å²) in [6.07, 6.45) is -0.550. The van der Waals surface area contributed by atoms with Crippen LogP contribution >= 0.6 is 0 Å². The zero-order chi connectivity index (χ0) is 6.57. The van der Waals surface area contributed by atoms with Crippen molar-refractivity contribution in [3.63, 3.8) is 0 Å². The van der Waals surface area contributed by atoms with Crippen LogP contribution in [0, 0.1) is 0 Å². The minimum atomic E-state index is -1.09. The van der Waals surface area contributed by atoms with Crippen LogP contribution in [0.1, 0.15) is 0 Å². The number of carboxylic acid groups (broad SMARTS) is 1. The summed E-state index contributed by atoms with van der Waals surface area (Å²) in [5.41, 5.74) is 0. The van der Waals surface area contributed by atoms with Gasteiger partial charge in [-0.05, 0) is 0 Å². The van der Waals surface area contributed by atoms with Gasteiger partial charge in [-0.2, -0.15) is 0 Å². The Labute approximate surface area is 46.7 Å². The lowest BCUT2D eigenvalue weighted by Crippen LogP contribution is -2.26. The second-order valence-corrected chi connectivity index (χ2v) is 1.33. The highest BCUT2D eigenvalue weighted by molar-refractivity contribution is 5.68. The summed E-state index contributed by atoms with van der Waals surface area (Å²) in [5.74, 6) is 0. The molecule has 0 aromatic rings. The first-order valence-electron chi connectivity index (χ1n) is 2.06. The monoisotopic (exact) mass is 117 g/mol. The van der Waals surface area contributed by atoms with Gasteiger partial charge in [0.25, 0.3) is 0 Å². The fraction of sp³-hybridized carbons (Fsp3) is 0.500. The largest absolute Gasteiger partial charge is 0.465 e. The Morgan fingerprint density at radius 3 is 2.50 bits per heavy atom. The van der Waals surface area contributed by atoms with E-state index in [1.165, 1.54) is 7.05 Å². The molecule has 0 radical (unpaired) electrons. The van der Waals surface area contributed by atoms with Crippen LogP contribution in [0.3, 0.4) is 0 Å². The van der Waals surface area contributed by atoms with Gasteiger partial charge in [0.2, 0.25) is 0 Å². The van der Waals surface area contributed by atoms with Crippen molar-refractivity contribution in [2.45, 2.75) is 0 Å². The quantitative estimate of drug-likeness (QED) is 0.509. The highest BCUT2D eigenvalue weighted by Gasteiger charge is 2.00. The smallest absolute Gasteiger partial charge is 0.407 e. The molecule has 46 valence electrons. The van der Waals surface area contributed by atoms with Gasteiger partial charge in [-0.25, -0.2) is 4.79 Å². The van der Waals surface area contributed by atoms with Gasteiger partial charge in [-0.3, -0.25) is 0 Å². The molecule has 8 heavy (non-hydrogen) atoms. The summed E-state index contributed by atoms with van der Waals surface area (Å²) in [5, 5.41) is 8.08. The number of amides is 1. The van der Waals surface area contributed by atoms with Crippen LogP contribution in [0.4, 0.5) is 4.79 Å². The van der Waals surface area contributed by atoms with E-state index in [1.807, 2.05) is 0 Å². The van der Waals surface area contributed by atoms with Crippen LogP contribution in [-0.4, -0.2) is 36.0 Å². The molecule has 1 N–H and O–H groups in total. The molecule has 0 aromatic carbocycles. The van der Waals surface area contributed by atoms with E-state index in [0.717, 1.165) is 4.90 Å². The Morgan fingerprint density at radius 1 is 1.88 bits per heavy atom. The number of aldehydes is 1. The van der Waals surface area contributed by atoms with Crippen LogP contribution in [0.5, 0.6) is 0 Å². The predicted octanol–water partition coefficient (Wildman–Crippen LogP) is -0.205. The number of hydrogen-bond donors (Lipinski definition) is 1. The van der Waals surface area contributed by atoms with Crippen LogP contribution < -0.4 is 0 Å². The van der Waals surface area contributed by atoms with E-state index in [1.54, 1.807) is 0 Å². The molecule has 0 fully saturated rings. The van der Waals surface area contributed by atoms with Gasteiger partial charge in [0.05, 0.1) is 6.54 Å². The molecule has 0 bridgehead atoms. The molecular formula is C4H7NO3. The van der Waals surface area contributed by atoms with Crippen molar-refractivity contribution in [1.82, 2.24) is 4.90 Å². The van der Waals surface area contributed by atoms with Crippen molar-refractivity contribution in [2.75, 3.05) is 13.6 Å². The second-order valence-electron chi connectivity index (χ2n) is 1.33. The number of carbonyl (C=O) groups excluding carboxylic acids is 1. The summed E-state index contributed by atoms with van der Waals surface area (Å²) in [6.45, 7) is -0.0602. The first-order valence-corrected chi connectivity index (χ1v) is 2.06. The molecule has 1 amide bonds. The first kappa shape index (κ1) is 6.94. The van der Waals surface area contributed by atoms with Gasteiger partial charge in [0.1, 0.15) is 6.29 Å². The van der Waals surface area contributed by atoms with Crippen molar-refractivity contribution in [3.05, 3.63) is 0 Å². The Bertz CT molecular complexity index is 101. The summed E-state index contributed by atoms with van der Waals surface area (Å²) in [4.78, 5) is 20.4. The minimum absolute atomic E-state index is 0.0602. The first-order chi connectivity index (χ1) is 3.68. The SMILES string of the molecule is CN(CC=O)C(=O)O. The average molecular weight is 117 g/mol. The van der Waals surface area contributed by atoms with E-state index in [4.69, 9.17) is 5.11 Å². The fourth-order valence-corrected chi connectivity index (χ4v) is 0.190. The van der Waals surface area contributed by atoms with Gasteiger partial charge >= 0.3 is 6.09 Å². The maximum absolute atomic E-state index is 9.86. The van der Waals surface area contributed by atoms with Crippen molar-refractivity contribution in [1.29, 1.82) is 0 Å². The van der Waals surface area contributed by atoms with Gasteiger partial charge in [-0.1, -0.05) is 0 Å². The highest BCUT2D eigenvalue weighted by atomic mass is 16.4. The van der Waals surface area contributed by atoms with E-state index < -0.39 is 6.09 Å². The minimum Gasteiger partial charge on any atom is -0.465 e. The van der Waals surface area contributed by atoms with E-state index in [0.29, 0.717) is 6.29 Å². The lowest BCUT2D eigenvalue weighted by molar-refractivity contribution is -0.108. The zero-order valence-corrected chi connectivity index (χ0v) is 4.50. The van der Waals surface area contributed by atoms with E-state index in [2.05, 4.69) is 0 Å². The molecule has 4 heteroatoms.